The van der Waals surface area contributed by atoms with Crippen LogP contribution >= 0.6 is 11.6 Å². The first kappa shape index (κ1) is 12.9. The number of ether oxygens (including phenoxy) is 1. The average molecular weight is 291 g/mol. The first-order valence-corrected chi connectivity index (χ1v) is 6.64. The van der Waals surface area contributed by atoms with Gasteiger partial charge in [0.25, 0.3) is 0 Å². The van der Waals surface area contributed by atoms with Crippen LogP contribution in [0.1, 0.15) is 5.82 Å². The minimum Gasteiger partial charge on any atom is -0.494 e. The van der Waals surface area contributed by atoms with Crippen LogP contribution < -0.4 is 4.74 Å². The number of nitrogens with zero attached hydrogens (tertiary/aromatic N) is 2. The van der Waals surface area contributed by atoms with E-state index < -0.39 is 5.82 Å². The maximum absolute atomic E-state index is 13.9. The Morgan fingerprint density at radius 1 is 1.25 bits per heavy atom. The molecule has 0 amide bonds. The molecule has 0 saturated carbocycles. The molecule has 0 atom stereocenters. The molecule has 0 aliphatic rings. The molecular formula is C15H12ClFN2O. The van der Waals surface area contributed by atoms with Crippen LogP contribution in [0.2, 0.25) is 0 Å². The number of fused-ring (bicyclic) bond motifs is 1. The average Bonchev–Trinajstić information content (AvgIpc) is 2.85. The maximum Gasteiger partial charge on any atom is 0.167 e. The zero-order valence-corrected chi connectivity index (χ0v) is 11.6. The fraction of sp³-hybridized carbons (Fsp3) is 0.133. The maximum atomic E-state index is 13.9. The zero-order valence-electron chi connectivity index (χ0n) is 10.8. The highest BCUT2D eigenvalue weighted by atomic mass is 35.5. The number of hydrogen-bond acceptors (Lipinski definition) is 2. The van der Waals surface area contributed by atoms with Crippen molar-refractivity contribution in [3.63, 3.8) is 0 Å². The van der Waals surface area contributed by atoms with Crippen LogP contribution in [0.15, 0.2) is 42.5 Å². The van der Waals surface area contributed by atoms with Crippen molar-refractivity contribution in [1.29, 1.82) is 0 Å². The summed E-state index contributed by atoms with van der Waals surface area (Å²) in [6, 6.07) is 12.5. The van der Waals surface area contributed by atoms with E-state index in [0.29, 0.717) is 11.5 Å². The van der Waals surface area contributed by atoms with Gasteiger partial charge in [0, 0.05) is 6.07 Å². The summed E-state index contributed by atoms with van der Waals surface area (Å²) in [5, 5.41) is 0. The van der Waals surface area contributed by atoms with Crippen LogP contribution in [0.4, 0.5) is 4.39 Å². The molecule has 0 radical (unpaired) electrons. The van der Waals surface area contributed by atoms with Crippen molar-refractivity contribution >= 4 is 22.6 Å². The lowest BCUT2D eigenvalue weighted by Crippen LogP contribution is -2.00. The van der Waals surface area contributed by atoms with Crippen molar-refractivity contribution in [3.05, 3.63) is 54.1 Å². The normalized spacial score (nSPS) is 10.9. The summed E-state index contributed by atoms with van der Waals surface area (Å²) in [4.78, 5) is 4.46. The van der Waals surface area contributed by atoms with Gasteiger partial charge in [-0.3, -0.25) is 4.57 Å². The number of aromatic nitrogens is 2. The highest BCUT2D eigenvalue weighted by molar-refractivity contribution is 6.17. The van der Waals surface area contributed by atoms with Gasteiger partial charge in [0.05, 0.1) is 29.7 Å². The van der Waals surface area contributed by atoms with Crippen molar-refractivity contribution < 1.29 is 9.13 Å². The summed E-state index contributed by atoms with van der Waals surface area (Å²) in [5.41, 5.74) is 2.40. The third kappa shape index (κ3) is 2.02. The minimum atomic E-state index is -0.414. The van der Waals surface area contributed by atoms with Crippen molar-refractivity contribution in [2.75, 3.05) is 7.11 Å². The Hall–Kier alpha value is -2.07. The number of para-hydroxylation sites is 2. The molecule has 0 unspecified atom stereocenters. The largest absolute Gasteiger partial charge is 0.494 e. The van der Waals surface area contributed by atoms with E-state index in [9.17, 15) is 4.39 Å². The molecule has 20 heavy (non-hydrogen) atoms. The number of rotatable bonds is 3. The van der Waals surface area contributed by atoms with Crippen LogP contribution in [0.5, 0.6) is 5.75 Å². The summed E-state index contributed by atoms with van der Waals surface area (Å²) in [6.45, 7) is 0. The number of imidazole rings is 1. The van der Waals surface area contributed by atoms with E-state index in [0.717, 1.165) is 11.0 Å². The second-order valence-electron chi connectivity index (χ2n) is 4.30. The van der Waals surface area contributed by atoms with Crippen molar-refractivity contribution in [2.24, 2.45) is 0 Å². The Labute approximate surface area is 120 Å². The Kier molecular flexibility index (Phi) is 3.32. The number of benzene rings is 2. The lowest BCUT2D eigenvalue weighted by atomic mass is 10.2. The standard InChI is InChI=1S/C15H12ClFN2O/c1-20-14-7-6-10(8-11(14)17)19-13-5-3-2-4-12(13)18-15(19)9-16/h2-8H,9H2,1H3. The molecule has 0 aliphatic heterocycles. The Balaban J connectivity index is 2.25. The molecule has 0 spiro atoms. The zero-order chi connectivity index (χ0) is 14.1. The predicted molar refractivity (Wildman–Crippen MR) is 77.1 cm³/mol. The van der Waals surface area contributed by atoms with Gasteiger partial charge < -0.3 is 4.74 Å². The molecule has 3 aromatic rings. The molecule has 0 fully saturated rings. The van der Waals surface area contributed by atoms with Gasteiger partial charge in [0.1, 0.15) is 5.82 Å². The number of halogens is 2. The number of hydrogen-bond donors (Lipinski definition) is 0. The number of alkyl halides is 1. The van der Waals surface area contributed by atoms with Crippen LogP contribution in [-0.4, -0.2) is 16.7 Å². The van der Waals surface area contributed by atoms with Crippen molar-refractivity contribution in [3.8, 4) is 11.4 Å². The topological polar surface area (TPSA) is 27.1 Å². The second-order valence-corrected chi connectivity index (χ2v) is 4.57. The molecule has 1 aromatic heterocycles. The molecule has 1 heterocycles. The van der Waals surface area contributed by atoms with Crippen molar-refractivity contribution in [1.82, 2.24) is 9.55 Å². The quantitative estimate of drug-likeness (QED) is 0.684. The SMILES string of the molecule is COc1ccc(-n2c(CCl)nc3ccccc32)cc1F. The monoisotopic (exact) mass is 290 g/mol. The molecule has 3 nitrogen and oxygen atoms in total. The highest BCUT2D eigenvalue weighted by Crippen LogP contribution is 2.26. The second kappa shape index (κ2) is 5.13. The molecule has 102 valence electrons. The van der Waals surface area contributed by atoms with Crippen LogP contribution in [0, 0.1) is 5.82 Å². The van der Waals surface area contributed by atoms with Gasteiger partial charge >= 0.3 is 0 Å². The van der Waals surface area contributed by atoms with E-state index in [2.05, 4.69) is 4.98 Å². The van der Waals surface area contributed by atoms with Crippen molar-refractivity contribution in [2.45, 2.75) is 5.88 Å². The molecule has 0 aliphatic carbocycles. The van der Waals surface area contributed by atoms with E-state index >= 15 is 0 Å². The van der Waals surface area contributed by atoms with Gasteiger partial charge in [0.15, 0.2) is 11.6 Å². The summed E-state index contributed by atoms with van der Waals surface area (Å²) >= 11 is 5.95. The summed E-state index contributed by atoms with van der Waals surface area (Å²) in [6.07, 6.45) is 0. The Bertz CT molecular complexity index is 770. The lowest BCUT2D eigenvalue weighted by Gasteiger charge is -2.09. The lowest BCUT2D eigenvalue weighted by molar-refractivity contribution is 0.386. The number of methoxy groups -OCH3 is 1. The third-order valence-corrected chi connectivity index (χ3v) is 3.38. The fourth-order valence-corrected chi connectivity index (χ4v) is 2.43. The van der Waals surface area contributed by atoms with E-state index in [4.69, 9.17) is 16.3 Å². The van der Waals surface area contributed by atoms with E-state index in [1.54, 1.807) is 12.1 Å². The molecule has 0 N–H and O–H groups in total. The highest BCUT2D eigenvalue weighted by Gasteiger charge is 2.13. The van der Waals surface area contributed by atoms with Gasteiger partial charge in [-0.05, 0) is 24.3 Å². The summed E-state index contributed by atoms with van der Waals surface area (Å²) in [5.74, 6) is 0.730. The third-order valence-electron chi connectivity index (χ3n) is 3.14. The molecule has 0 bridgehead atoms. The van der Waals surface area contributed by atoms with Gasteiger partial charge in [-0.2, -0.15) is 0 Å². The minimum absolute atomic E-state index is 0.214. The van der Waals surface area contributed by atoms with Gasteiger partial charge in [-0.1, -0.05) is 12.1 Å². The smallest absolute Gasteiger partial charge is 0.167 e. The Morgan fingerprint density at radius 2 is 2.05 bits per heavy atom. The van der Waals surface area contributed by atoms with Crippen LogP contribution in [0.3, 0.4) is 0 Å². The van der Waals surface area contributed by atoms with Gasteiger partial charge in [-0.15, -0.1) is 11.6 Å². The van der Waals surface area contributed by atoms with Gasteiger partial charge in [-0.25, -0.2) is 9.37 Å². The predicted octanol–water partition coefficient (Wildman–Crippen LogP) is 3.91. The van der Waals surface area contributed by atoms with E-state index in [-0.39, 0.29) is 11.6 Å². The first-order chi connectivity index (χ1) is 9.74. The Morgan fingerprint density at radius 3 is 2.75 bits per heavy atom. The molecule has 0 saturated heterocycles. The fourth-order valence-electron chi connectivity index (χ4n) is 2.25. The summed E-state index contributed by atoms with van der Waals surface area (Å²) < 4.78 is 20.7. The van der Waals surface area contributed by atoms with Crippen LogP contribution in [0.25, 0.3) is 16.7 Å². The van der Waals surface area contributed by atoms with Crippen LogP contribution in [-0.2, 0) is 5.88 Å². The van der Waals surface area contributed by atoms with Gasteiger partial charge in [0.2, 0.25) is 0 Å². The summed E-state index contributed by atoms with van der Waals surface area (Å²) in [7, 11) is 1.44. The molecular weight excluding hydrogens is 279 g/mol. The molecule has 3 rings (SSSR count). The first-order valence-electron chi connectivity index (χ1n) is 6.11. The van der Waals surface area contributed by atoms with E-state index in [1.165, 1.54) is 13.2 Å². The van der Waals surface area contributed by atoms with E-state index in [1.807, 2.05) is 28.8 Å². The molecule has 2 aromatic carbocycles. The molecule has 5 heteroatoms.